The van der Waals surface area contributed by atoms with Gasteiger partial charge in [-0.05, 0) is 62.1 Å². The Kier molecular flexibility index (Phi) is 4.45. The third-order valence-electron chi connectivity index (χ3n) is 7.94. The van der Waals surface area contributed by atoms with E-state index in [1.165, 1.54) is 11.3 Å². The van der Waals surface area contributed by atoms with Crippen molar-refractivity contribution >= 4 is 22.1 Å². The lowest BCUT2D eigenvalue weighted by molar-refractivity contribution is -0.0335. The van der Waals surface area contributed by atoms with Crippen LogP contribution in [0.15, 0.2) is 53.8 Å². The van der Waals surface area contributed by atoms with Crippen molar-refractivity contribution in [1.82, 2.24) is 29.1 Å². The summed E-state index contributed by atoms with van der Waals surface area (Å²) in [4.78, 5) is 23.0. The Balaban J connectivity index is 1.34. The zero-order valence-electron chi connectivity index (χ0n) is 20.0. The number of H-pyrrole nitrogens is 1. The molecule has 0 spiro atoms. The lowest BCUT2D eigenvalue weighted by Gasteiger charge is -2.40. The van der Waals surface area contributed by atoms with Crippen LogP contribution in [0.3, 0.4) is 0 Å². The average Bonchev–Trinajstić information content (AvgIpc) is 3.48. The van der Waals surface area contributed by atoms with Crippen LogP contribution < -0.4 is 11.3 Å². The van der Waals surface area contributed by atoms with Gasteiger partial charge < -0.3 is 15.4 Å². The summed E-state index contributed by atoms with van der Waals surface area (Å²) < 4.78 is 3.85. The summed E-state index contributed by atoms with van der Waals surface area (Å²) >= 11 is 0. The van der Waals surface area contributed by atoms with Crippen molar-refractivity contribution in [3.05, 3.63) is 76.5 Å². The second kappa shape index (κ2) is 7.51. The summed E-state index contributed by atoms with van der Waals surface area (Å²) in [5.41, 5.74) is 10.3. The SMILES string of the molecule is CC1(O)CC(c2nc(-c3ccc4ccn(C5CCc6[nH]ncc6C5)c(=O)c4c3)c3c(N)nccn23)C1. The monoisotopic (exact) mass is 481 g/mol. The first-order valence-electron chi connectivity index (χ1n) is 12.4. The second-order valence-electron chi connectivity index (χ2n) is 10.6. The topological polar surface area (TPSA) is 127 Å². The lowest BCUT2D eigenvalue weighted by atomic mass is 9.72. The molecular weight excluding hydrogens is 454 g/mol. The number of hydrogen-bond acceptors (Lipinski definition) is 6. The maximum Gasteiger partial charge on any atom is 0.258 e. The minimum atomic E-state index is -0.667. The maximum atomic E-state index is 13.7. The molecular formula is C27H27N7O2. The van der Waals surface area contributed by atoms with Gasteiger partial charge in [0.1, 0.15) is 22.9 Å². The fraction of sp³-hybridized carbons (Fsp3) is 0.333. The Morgan fingerprint density at radius 3 is 2.92 bits per heavy atom. The Hall–Kier alpha value is -3.98. The van der Waals surface area contributed by atoms with Crippen molar-refractivity contribution in [2.45, 2.75) is 56.6 Å². The number of aryl methyl sites for hydroxylation is 1. The van der Waals surface area contributed by atoms with E-state index in [4.69, 9.17) is 10.7 Å². The first-order valence-corrected chi connectivity index (χ1v) is 12.4. The molecule has 36 heavy (non-hydrogen) atoms. The minimum absolute atomic E-state index is 0.00355. The average molecular weight is 482 g/mol. The number of aliphatic hydroxyl groups is 1. The number of pyridine rings is 1. The largest absolute Gasteiger partial charge is 0.390 e. The van der Waals surface area contributed by atoms with Crippen molar-refractivity contribution < 1.29 is 5.11 Å². The number of benzene rings is 1. The number of anilines is 1. The van der Waals surface area contributed by atoms with E-state index in [-0.39, 0.29) is 17.5 Å². The number of hydrogen-bond donors (Lipinski definition) is 3. The first kappa shape index (κ1) is 21.3. The third-order valence-corrected chi connectivity index (χ3v) is 7.94. The molecule has 0 aliphatic heterocycles. The van der Waals surface area contributed by atoms with Crippen molar-refractivity contribution in [2.24, 2.45) is 0 Å². The van der Waals surface area contributed by atoms with Crippen molar-refractivity contribution in [1.29, 1.82) is 0 Å². The summed E-state index contributed by atoms with van der Waals surface area (Å²) in [6, 6.07) is 7.99. The maximum absolute atomic E-state index is 13.7. The van der Waals surface area contributed by atoms with Gasteiger partial charge in [-0.15, -0.1) is 0 Å². The van der Waals surface area contributed by atoms with Gasteiger partial charge in [0.05, 0.1) is 11.8 Å². The highest BCUT2D eigenvalue weighted by Crippen LogP contribution is 2.45. The van der Waals surface area contributed by atoms with Gasteiger partial charge in [0.25, 0.3) is 5.56 Å². The highest BCUT2D eigenvalue weighted by Gasteiger charge is 2.41. The first-order chi connectivity index (χ1) is 17.4. The van der Waals surface area contributed by atoms with Crippen LogP contribution in [0, 0.1) is 0 Å². The molecule has 9 nitrogen and oxygen atoms in total. The van der Waals surface area contributed by atoms with Crippen molar-refractivity contribution in [3.8, 4) is 11.3 Å². The van der Waals surface area contributed by atoms with Gasteiger partial charge in [0.15, 0.2) is 0 Å². The van der Waals surface area contributed by atoms with E-state index < -0.39 is 5.60 Å². The Bertz CT molecular complexity index is 1700. The minimum Gasteiger partial charge on any atom is -0.390 e. The smallest absolute Gasteiger partial charge is 0.258 e. The summed E-state index contributed by atoms with van der Waals surface area (Å²) in [5, 5.41) is 19.1. The van der Waals surface area contributed by atoms with Crippen LogP contribution in [0.4, 0.5) is 5.82 Å². The Morgan fingerprint density at radius 2 is 2.08 bits per heavy atom. The number of nitrogen functional groups attached to an aromatic ring is 1. The number of aromatic nitrogens is 6. The number of imidazole rings is 1. The molecule has 0 radical (unpaired) electrons. The summed E-state index contributed by atoms with van der Waals surface area (Å²) in [6.07, 6.45) is 11.2. The lowest BCUT2D eigenvalue weighted by Crippen LogP contribution is -2.40. The molecule has 0 saturated heterocycles. The molecule has 1 saturated carbocycles. The summed E-state index contributed by atoms with van der Waals surface area (Å²) in [5.74, 6) is 1.39. The third kappa shape index (κ3) is 3.19. The number of nitrogens with one attached hydrogen (secondary N) is 1. The van der Waals surface area contributed by atoms with E-state index >= 15 is 0 Å². The molecule has 7 rings (SSSR count). The molecule has 0 bridgehead atoms. The second-order valence-corrected chi connectivity index (χ2v) is 10.6. The summed E-state index contributed by atoms with van der Waals surface area (Å²) in [6.45, 7) is 1.85. The number of nitrogens with two attached hydrogens (primary N) is 1. The van der Waals surface area contributed by atoms with Crippen LogP contribution in [0.25, 0.3) is 27.5 Å². The van der Waals surface area contributed by atoms with Gasteiger partial charge in [-0.25, -0.2) is 9.97 Å². The molecule has 2 aliphatic rings. The van der Waals surface area contributed by atoms with Crippen LogP contribution in [0.5, 0.6) is 0 Å². The predicted octanol–water partition coefficient (Wildman–Crippen LogP) is 3.37. The van der Waals surface area contributed by atoms with Gasteiger partial charge in [0.2, 0.25) is 0 Å². The molecule has 4 aromatic heterocycles. The fourth-order valence-corrected chi connectivity index (χ4v) is 6.08. The van der Waals surface area contributed by atoms with Crippen LogP contribution >= 0.6 is 0 Å². The van der Waals surface area contributed by atoms with Crippen LogP contribution in [-0.4, -0.2) is 39.8 Å². The van der Waals surface area contributed by atoms with Crippen LogP contribution in [0.1, 0.15) is 55.2 Å². The molecule has 0 amide bonds. The van der Waals surface area contributed by atoms with Gasteiger partial charge in [0, 0.05) is 47.2 Å². The van der Waals surface area contributed by atoms with Crippen molar-refractivity contribution in [3.63, 3.8) is 0 Å². The van der Waals surface area contributed by atoms with E-state index in [0.29, 0.717) is 29.7 Å². The zero-order chi connectivity index (χ0) is 24.6. The van der Waals surface area contributed by atoms with Crippen LogP contribution in [-0.2, 0) is 12.8 Å². The predicted molar refractivity (Wildman–Crippen MR) is 137 cm³/mol. The molecule has 182 valence electrons. The zero-order valence-corrected chi connectivity index (χ0v) is 20.0. The molecule has 1 unspecified atom stereocenters. The fourth-order valence-electron chi connectivity index (χ4n) is 6.08. The number of nitrogens with zero attached hydrogens (tertiary/aromatic N) is 5. The Morgan fingerprint density at radius 1 is 1.22 bits per heavy atom. The molecule has 4 heterocycles. The van der Waals surface area contributed by atoms with E-state index in [9.17, 15) is 9.90 Å². The van der Waals surface area contributed by atoms with Crippen LogP contribution in [0.2, 0.25) is 0 Å². The molecule has 1 fully saturated rings. The van der Waals surface area contributed by atoms with E-state index in [2.05, 4.69) is 15.2 Å². The van der Waals surface area contributed by atoms with Gasteiger partial charge in [-0.1, -0.05) is 12.1 Å². The molecule has 5 aromatic rings. The standard InChI is InChI=1S/C27H27N7O2/c1-27(36)12-18(13-27)25-31-22(23-24(28)29-7-9-34(23)25)16-3-2-15-6-8-33(26(35)20(15)11-16)19-4-5-21-17(10-19)14-30-32-21/h2-3,6-9,11,14,18-19,36H,4-5,10,12-13H2,1H3,(H2,28,29)(H,30,32). The number of fused-ring (bicyclic) bond motifs is 3. The molecule has 2 aliphatic carbocycles. The van der Waals surface area contributed by atoms with E-state index in [1.807, 2.05) is 58.7 Å². The van der Waals surface area contributed by atoms with Crippen molar-refractivity contribution in [2.75, 3.05) is 5.73 Å². The highest BCUT2D eigenvalue weighted by atomic mass is 16.3. The van der Waals surface area contributed by atoms with E-state index in [1.54, 1.807) is 6.20 Å². The highest BCUT2D eigenvalue weighted by molar-refractivity contribution is 5.91. The number of rotatable bonds is 3. The van der Waals surface area contributed by atoms with Gasteiger partial charge in [-0.2, -0.15) is 5.10 Å². The molecule has 9 heteroatoms. The molecule has 4 N–H and O–H groups in total. The summed E-state index contributed by atoms with van der Waals surface area (Å²) in [7, 11) is 0. The number of aromatic amines is 1. The normalized spacial score (nSPS) is 23.6. The van der Waals surface area contributed by atoms with E-state index in [0.717, 1.165) is 41.6 Å². The molecule has 1 atom stereocenters. The molecule has 1 aromatic carbocycles. The quantitative estimate of drug-likeness (QED) is 0.363. The van der Waals surface area contributed by atoms with Gasteiger partial charge >= 0.3 is 0 Å². The van der Waals surface area contributed by atoms with Gasteiger partial charge in [-0.3, -0.25) is 14.3 Å². The Labute approximate surface area is 206 Å².